The molecule has 0 saturated heterocycles. The maximum Gasteiger partial charge on any atom is 0.122 e. The average molecular weight is 247 g/mol. The fraction of sp³-hybridized carbons (Fsp3) is 0.625. The van der Waals surface area contributed by atoms with Gasteiger partial charge in [0.1, 0.15) is 12.4 Å². The zero-order valence-corrected chi connectivity index (χ0v) is 11.8. The van der Waals surface area contributed by atoms with Gasteiger partial charge in [0.25, 0.3) is 0 Å². The second-order valence-electron chi connectivity index (χ2n) is 5.39. The largest absolute Gasteiger partial charge is 0.492 e. The Morgan fingerprint density at radius 2 is 2.06 bits per heavy atom. The Morgan fingerprint density at radius 3 is 2.67 bits per heavy atom. The molecule has 1 aliphatic carbocycles. The Kier molecular flexibility index (Phi) is 4.65. The Morgan fingerprint density at radius 1 is 1.33 bits per heavy atom. The number of nitrogens with one attached hydrogen (secondary N) is 1. The van der Waals surface area contributed by atoms with Gasteiger partial charge >= 0.3 is 0 Å². The SMILES string of the molecule is CCC(C)c1ccccc1OCC(NC)C1CC1. The van der Waals surface area contributed by atoms with Crippen LogP contribution >= 0.6 is 0 Å². The molecule has 0 amide bonds. The summed E-state index contributed by atoms with van der Waals surface area (Å²) in [5.74, 6) is 2.45. The number of likely N-dealkylation sites (N-methyl/N-ethyl adjacent to an activating group) is 1. The van der Waals surface area contributed by atoms with Crippen LogP contribution in [0.4, 0.5) is 0 Å². The molecule has 0 radical (unpaired) electrons. The monoisotopic (exact) mass is 247 g/mol. The number of benzene rings is 1. The molecule has 1 aromatic rings. The summed E-state index contributed by atoms with van der Waals surface area (Å²) >= 11 is 0. The van der Waals surface area contributed by atoms with Crippen LogP contribution in [0.1, 0.15) is 44.6 Å². The summed E-state index contributed by atoms with van der Waals surface area (Å²) in [6.45, 7) is 5.27. The normalized spacial score (nSPS) is 18.4. The molecule has 0 aliphatic heterocycles. The van der Waals surface area contributed by atoms with Crippen LogP contribution in [0.25, 0.3) is 0 Å². The summed E-state index contributed by atoms with van der Waals surface area (Å²) in [7, 11) is 2.03. The van der Waals surface area contributed by atoms with Crippen molar-refractivity contribution in [3.63, 3.8) is 0 Å². The predicted octanol–water partition coefficient (Wildman–Crippen LogP) is 3.58. The first-order valence-electron chi connectivity index (χ1n) is 7.15. The van der Waals surface area contributed by atoms with Crippen LogP contribution in [0.5, 0.6) is 5.75 Å². The molecular formula is C16H25NO. The number of ether oxygens (including phenoxy) is 1. The van der Waals surface area contributed by atoms with Crippen LogP contribution in [0, 0.1) is 5.92 Å². The van der Waals surface area contributed by atoms with Crippen molar-refractivity contribution < 1.29 is 4.74 Å². The van der Waals surface area contributed by atoms with Crippen LogP contribution in [0.2, 0.25) is 0 Å². The number of hydrogen-bond donors (Lipinski definition) is 1. The highest BCUT2D eigenvalue weighted by Gasteiger charge is 2.30. The van der Waals surface area contributed by atoms with Gasteiger partial charge in [-0.1, -0.05) is 32.0 Å². The van der Waals surface area contributed by atoms with E-state index < -0.39 is 0 Å². The molecule has 0 bridgehead atoms. The van der Waals surface area contributed by atoms with Crippen molar-refractivity contribution in [3.05, 3.63) is 29.8 Å². The van der Waals surface area contributed by atoms with Gasteiger partial charge in [-0.2, -0.15) is 0 Å². The first kappa shape index (κ1) is 13.4. The van der Waals surface area contributed by atoms with Gasteiger partial charge < -0.3 is 10.1 Å². The van der Waals surface area contributed by atoms with E-state index in [9.17, 15) is 0 Å². The molecule has 18 heavy (non-hydrogen) atoms. The minimum Gasteiger partial charge on any atom is -0.492 e. The highest BCUT2D eigenvalue weighted by Crippen LogP contribution is 2.33. The minimum atomic E-state index is 0.509. The number of para-hydroxylation sites is 1. The molecule has 0 aromatic heterocycles. The number of hydrogen-bond acceptors (Lipinski definition) is 2. The van der Waals surface area contributed by atoms with E-state index >= 15 is 0 Å². The van der Waals surface area contributed by atoms with Crippen molar-refractivity contribution in [2.75, 3.05) is 13.7 Å². The van der Waals surface area contributed by atoms with Crippen LogP contribution < -0.4 is 10.1 Å². The van der Waals surface area contributed by atoms with Gasteiger partial charge in [-0.05, 0) is 49.8 Å². The van der Waals surface area contributed by atoms with Crippen molar-refractivity contribution >= 4 is 0 Å². The van der Waals surface area contributed by atoms with Crippen LogP contribution in [0.3, 0.4) is 0 Å². The molecule has 1 saturated carbocycles. The Balaban J connectivity index is 1.99. The van der Waals surface area contributed by atoms with E-state index in [1.54, 1.807) is 0 Å². The van der Waals surface area contributed by atoms with Crippen molar-refractivity contribution in [1.29, 1.82) is 0 Å². The lowest BCUT2D eigenvalue weighted by Crippen LogP contribution is -2.33. The Labute approximate surface area is 111 Å². The lowest BCUT2D eigenvalue weighted by atomic mass is 9.98. The molecule has 1 aromatic carbocycles. The fourth-order valence-electron chi connectivity index (χ4n) is 2.37. The van der Waals surface area contributed by atoms with E-state index in [1.165, 1.54) is 18.4 Å². The van der Waals surface area contributed by atoms with Crippen molar-refractivity contribution in [3.8, 4) is 5.75 Å². The van der Waals surface area contributed by atoms with E-state index in [0.29, 0.717) is 12.0 Å². The summed E-state index contributed by atoms with van der Waals surface area (Å²) in [6, 6.07) is 8.96. The maximum atomic E-state index is 6.05. The Hall–Kier alpha value is -1.02. The average Bonchev–Trinajstić information content (AvgIpc) is 3.24. The van der Waals surface area contributed by atoms with Gasteiger partial charge in [0, 0.05) is 6.04 Å². The summed E-state index contributed by atoms with van der Waals surface area (Å²) in [4.78, 5) is 0. The second kappa shape index (κ2) is 6.24. The van der Waals surface area contributed by atoms with Gasteiger partial charge in [0.05, 0.1) is 0 Å². The fourth-order valence-corrected chi connectivity index (χ4v) is 2.37. The van der Waals surface area contributed by atoms with Gasteiger partial charge in [0.2, 0.25) is 0 Å². The molecule has 1 fully saturated rings. The highest BCUT2D eigenvalue weighted by atomic mass is 16.5. The van der Waals surface area contributed by atoms with Gasteiger partial charge in [-0.3, -0.25) is 0 Å². The molecule has 2 nitrogen and oxygen atoms in total. The zero-order valence-electron chi connectivity index (χ0n) is 11.8. The van der Waals surface area contributed by atoms with Crippen molar-refractivity contribution in [1.82, 2.24) is 5.32 Å². The van der Waals surface area contributed by atoms with Crippen LogP contribution in [-0.4, -0.2) is 19.7 Å². The van der Waals surface area contributed by atoms with Crippen molar-refractivity contribution in [2.45, 2.75) is 45.1 Å². The third kappa shape index (κ3) is 3.26. The van der Waals surface area contributed by atoms with Gasteiger partial charge in [-0.25, -0.2) is 0 Å². The third-order valence-electron chi connectivity index (χ3n) is 4.04. The van der Waals surface area contributed by atoms with E-state index in [1.807, 2.05) is 7.05 Å². The second-order valence-corrected chi connectivity index (χ2v) is 5.39. The van der Waals surface area contributed by atoms with E-state index in [-0.39, 0.29) is 0 Å². The van der Waals surface area contributed by atoms with Gasteiger partial charge in [0.15, 0.2) is 0 Å². The topological polar surface area (TPSA) is 21.3 Å². The molecule has 0 spiro atoms. The summed E-state index contributed by atoms with van der Waals surface area (Å²) in [6.07, 6.45) is 3.85. The molecule has 1 N–H and O–H groups in total. The molecule has 2 heteroatoms. The van der Waals surface area contributed by atoms with E-state index in [4.69, 9.17) is 4.74 Å². The lowest BCUT2D eigenvalue weighted by molar-refractivity contribution is 0.253. The molecule has 100 valence electrons. The molecule has 1 aliphatic rings. The van der Waals surface area contributed by atoms with E-state index in [0.717, 1.165) is 24.7 Å². The first-order valence-corrected chi connectivity index (χ1v) is 7.15. The minimum absolute atomic E-state index is 0.509. The van der Waals surface area contributed by atoms with Crippen molar-refractivity contribution in [2.24, 2.45) is 5.92 Å². The lowest BCUT2D eigenvalue weighted by Gasteiger charge is -2.20. The first-order chi connectivity index (χ1) is 8.76. The zero-order chi connectivity index (χ0) is 13.0. The third-order valence-corrected chi connectivity index (χ3v) is 4.04. The highest BCUT2D eigenvalue weighted by molar-refractivity contribution is 5.35. The van der Waals surface area contributed by atoms with E-state index in [2.05, 4.69) is 43.4 Å². The molecular weight excluding hydrogens is 222 g/mol. The molecule has 2 atom stereocenters. The summed E-state index contributed by atoms with van der Waals surface area (Å²) in [5, 5.41) is 3.37. The predicted molar refractivity (Wildman–Crippen MR) is 76.2 cm³/mol. The molecule has 2 unspecified atom stereocenters. The Bertz CT molecular complexity index is 373. The molecule has 0 heterocycles. The van der Waals surface area contributed by atoms with Crippen LogP contribution in [-0.2, 0) is 0 Å². The summed E-state index contributed by atoms with van der Waals surface area (Å²) < 4.78 is 6.05. The molecule has 2 rings (SSSR count). The summed E-state index contributed by atoms with van der Waals surface area (Å²) in [5.41, 5.74) is 1.34. The smallest absolute Gasteiger partial charge is 0.122 e. The number of rotatable bonds is 7. The van der Waals surface area contributed by atoms with Gasteiger partial charge in [-0.15, -0.1) is 0 Å². The maximum absolute atomic E-state index is 6.05. The van der Waals surface area contributed by atoms with Crippen LogP contribution in [0.15, 0.2) is 24.3 Å². The quantitative estimate of drug-likeness (QED) is 0.795. The standard InChI is InChI=1S/C16H25NO/c1-4-12(2)14-7-5-6-8-16(14)18-11-15(17-3)13-9-10-13/h5-8,12-13,15,17H,4,9-11H2,1-3H3.